The number of nitrogens with one attached hydrogen (secondary N) is 1. The second kappa shape index (κ2) is 7.04. The summed E-state index contributed by atoms with van der Waals surface area (Å²) in [5.41, 5.74) is 6.74. The van der Waals surface area contributed by atoms with Crippen LogP contribution in [0.25, 0.3) is 0 Å². The monoisotopic (exact) mass is 300 g/mol. The minimum absolute atomic E-state index is 0.132. The fourth-order valence-electron chi connectivity index (χ4n) is 1.98. The predicted molar refractivity (Wildman–Crippen MR) is 86.8 cm³/mol. The van der Waals surface area contributed by atoms with Crippen LogP contribution in [0.5, 0.6) is 0 Å². The summed E-state index contributed by atoms with van der Waals surface area (Å²) in [7, 11) is 0. The predicted octanol–water partition coefficient (Wildman–Crippen LogP) is 3.65. The van der Waals surface area contributed by atoms with Crippen LogP contribution in [0.15, 0.2) is 47.6 Å². The first-order valence-corrected chi connectivity index (χ1v) is 7.06. The molecule has 1 N–H and O–H groups in total. The zero-order valence-electron chi connectivity index (χ0n) is 12.1. The average molecular weight is 301 g/mol. The van der Waals surface area contributed by atoms with Gasteiger partial charge in [-0.05, 0) is 42.7 Å². The van der Waals surface area contributed by atoms with E-state index in [9.17, 15) is 4.79 Å². The van der Waals surface area contributed by atoms with Crippen LogP contribution in [0.3, 0.4) is 0 Å². The van der Waals surface area contributed by atoms with E-state index in [2.05, 4.69) is 16.6 Å². The molecule has 0 saturated carbocycles. The number of rotatable bonds is 4. The van der Waals surface area contributed by atoms with Gasteiger partial charge in [-0.25, -0.2) is 5.43 Å². The van der Waals surface area contributed by atoms with Gasteiger partial charge >= 0.3 is 0 Å². The lowest BCUT2D eigenvalue weighted by atomic mass is 10.0. The number of aryl methyl sites for hydroxylation is 2. The molecule has 108 valence electrons. The van der Waals surface area contributed by atoms with Crippen molar-refractivity contribution >= 4 is 23.7 Å². The second-order valence-electron chi connectivity index (χ2n) is 4.95. The number of hydrogen-bond donors (Lipinski definition) is 1. The molecule has 2 rings (SSSR count). The van der Waals surface area contributed by atoms with Gasteiger partial charge in [0.1, 0.15) is 0 Å². The summed E-state index contributed by atoms with van der Waals surface area (Å²) in [6.45, 7) is 4.04. The second-order valence-corrected chi connectivity index (χ2v) is 5.39. The Morgan fingerprint density at radius 3 is 2.57 bits per heavy atom. The number of carbonyl (C=O) groups is 1. The van der Waals surface area contributed by atoms with Crippen LogP contribution < -0.4 is 5.43 Å². The molecular formula is C17H17ClN2O. The van der Waals surface area contributed by atoms with E-state index in [-0.39, 0.29) is 5.91 Å². The van der Waals surface area contributed by atoms with E-state index in [1.807, 2.05) is 38.1 Å². The van der Waals surface area contributed by atoms with Crippen molar-refractivity contribution in [3.05, 3.63) is 69.7 Å². The van der Waals surface area contributed by atoms with Crippen LogP contribution in [0, 0.1) is 13.8 Å². The summed E-state index contributed by atoms with van der Waals surface area (Å²) in [5, 5.41) is 4.62. The lowest BCUT2D eigenvalue weighted by molar-refractivity contribution is -0.120. The maximum Gasteiger partial charge on any atom is 0.244 e. The van der Waals surface area contributed by atoms with Gasteiger partial charge in [0, 0.05) is 5.02 Å². The molecule has 0 aromatic heterocycles. The molecule has 0 fully saturated rings. The summed E-state index contributed by atoms with van der Waals surface area (Å²) in [4.78, 5) is 11.8. The van der Waals surface area contributed by atoms with Crippen molar-refractivity contribution in [1.29, 1.82) is 0 Å². The number of benzene rings is 2. The van der Waals surface area contributed by atoms with Gasteiger partial charge in [-0.2, -0.15) is 5.10 Å². The van der Waals surface area contributed by atoms with Crippen LogP contribution in [0.2, 0.25) is 5.02 Å². The molecule has 0 atom stereocenters. The molecule has 0 saturated heterocycles. The summed E-state index contributed by atoms with van der Waals surface area (Å²) >= 11 is 5.80. The molecule has 2 aromatic rings. The smallest absolute Gasteiger partial charge is 0.244 e. The van der Waals surface area contributed by atoms with Crippen LogP contribution >= 0.6 is 11.6 Å². The largest absolute Gasteiger partial charge is 0.273 e. The molecule has 0 aliphatic rings. The van der Waals surface area contributed by atoms with Crippen molar-refractivity contribution in [2.45, 2.75) is 20.3 Å². The zero-order chi connectivity index (χ0) is 15.2. The Morgan fingerprint density at radius 2 is 1.90 bits per heavy atom. The molecule has 1 amide bonds. The van der Waals surface area contributed by atoms with Gasteiger partial charge in [0.15, 0.2) is 0 Å². The fraction of sp³-hybridized carbons (Fsp3) is 0.176. The van der Waals surface area contributed by atoms with Gasteiger partial charge in [-0.1, -0.05) is 47.5 Å². The SMILES string of the molecule is Cc1ccc(CC(=O)N/N=C\c2ccc(Cl)cc2)c(C)c1. The van der Waals surface area contributed by atoms with E-state index >= 15 is 0 Å². The van der Waals surface area contributed by atoms with E-state index in [1.54, 1.807) is 18.3 Å². The van der Waals surface area contributed by atoms with Crippen molar-refractivity contribution in [3.8, 4) is 0 Å². The van der Waals surface area contributed by atoms with E-state index in [0.717, 1.165) is 16.7 Å². The maximum atomic E-state index is 11.8. The minimum atomic E-state index is -0.132. The molecule has 0 aliphatic heterocycles. The van der Waals surface area contributed by atoms with Gasteiger partial charge in [0.25, 0.3) is 0 Å². The fourth-order valence-corrected chi connectivity index (χ4v) is 2.11. The highest BCUT2D eigenvalue weighted by Gasteiger charge is 2.04. The van der Waals surface area contributed by atoms with Crippen molar-refractivity contribution in [3.63, 3.8) is 0 Å². The molecular weight excluding hydrogens is 284 g/mol. The first kappa shape index (κ1) is 15.3. The van der Waals surface area contributed by atoms with Gasteiger partial charge in [0.2, 0.25) is 5.91 Å². The first-order chi connectivity index (χ1) is 10.0. The lowest BCUT2D eigenvalue weighted by Crippen LogP contribution is -2.20. The lowest BCUT2D eigenvalue weighted by Gasteiger charge is -2.05. The quantitative estimate of drug-likeness (QED) is 0.679. The Morgan fingerprint density at radius 1 is 1.19 bits per heavy atom. The summed E-state index contributed by atoms with van der Waals surface area (Å²) in [5.74, 6) is -0.132. The average Bonchev–Trinajstić information content (AvgIpc) is 2.44. The van der Waals surface area contributed by atoms with Crippen LogP contribution in [-0.4, -0.2) is 12.1 Å². The van der Waals surface area contributed by atoms with Crippen molar-refractivity contribution in [2.75, 3.05) is 0 Å². The topological polar surface area (TPSA) is 41.5 Å². The molecule has 3 nitrogen and oxygen atoms in total. The Kier molecular flexibility index (Phi) is 5.12. The van der Waals surface area contributed by atoms with E-state index in [1.165, 1.54) is 5.56 Å². The highest BCUT2D eigenvalue weighted by Crippen LogP contribution is 2.11. The van der Waals surface area contributed by atoms with Crippen LogP contribution in [0.1, 0.15) is 22.3 Å². The minimum Gasteiger partial charge on any atom is -0.273 e. The van der Waals surface area contributed by atoms with Crippen molar-refractivity contribution in [1.82, 2.24) is 5.43 Å². The van der Waals surface area contributed by atoms with E-state index in [4.69, 9.17) is 11.6 Å². The Hall–Kier alpha value is -2.13. The standard InChI is InChI=1S/C17H17ClN2O/c1-12-3-6-15(13(2)9-12)10-17(21)20-19-11-14-4-7-16(18)8-5-14/h3-9,11H,10H2,1-2H3,(H,20,21)/b19-11-. The summed E-state index contributed by atoms with van der Waals surface area (Å²) < 4.78 is 0. The van der Waals surface area contributed by atoms with Gasteiger partial charge in [-0.3, -0.25) is 4.79 Å². The summed E-state index contributed by atoms with van der Waals surface area (Å²) in [6.07, 6.45) is 1.92. The molecule has 0 heterocycles. The molecule has 2 aromatic carbocycles. The Labute approximate surface area is 129 Å². The summed E-state index contributed by atoms with van der Waals surface area (Å²) in [6, 6.07) is 13.3. The molecule has 21 heavy (non-hydrogen) atoms. The van der Waals surface area contributed by atoms with Crippen LogP contribution in [0.4, 0.5) is 0 Å². The molecule has 0 spiro atoms. The number of amides is 1. The van der Waals surface area contributed by atoms with Gasteiger partial charge in [-0.15, -0.1) is 0 Å². The number of hydrazone groups is 1. The molecule has 0 aliphatic carbocycles. The molecule has 0 bridgehead atoms. The van der Waals surface area contributed by atoms with E-state index < -0.39 is 0 Å². The third-order valence-corrected chi connectivity index (χ3v) is 3.37. The number of halogens is 1. The molecule has 0 radical (unpaired) electrons. The number of hydrogen-bond acceptors (Lipinski definition) is 2. The third kappa shape index (κ3) is 4.72. The van der Waals surface area contributed by atoms with Crippen LogP contribution in [-0.2, 0) is 11.2 Å². The van der Waals surface area contributed by atoms with Gasteiger partial charge in [0.05, 0.1) is 12.6 Å². The Bertz CT molecular complexity index is 663. The van der Waals surface area contributed by atoms with Crippen molar-refractivity contribution in [2.24, 2.45) is 5.10 Å². The van der Waals surface area contributed by atoms with Gasteiger partial charge < -0.3 is 0 Å². The maximum absolute atomic E-state index is 11.8. The normalized spacial score (nSPS) is 10.8. The van der Waals surface area contributed by atoms with Crippen molar-refractivity contribution < 1.29 is 4.79 Å². The third-order valence-electron chi connectivity index (χ3n) is 3.12. The molecule has 0 unspecified atom stereocenters. The molecule has 4 heteroatoms. The first-order valence-electron chi connectivity index (χ1n) is 6.68. The number of carbonyl (C=O) groups excluding carboxylic acids is 1. The number of nitrogens with zero attached hydrogens (tertiary/aromatic N) is 1. The Balaban J connectivity index is 1.91. The zero-order valence-corrected chi connectivity index (χ0v) is 12.8. The highest BCUT2D eigenvalue weighted by molar-refractivity contribution is 6.30. The van der Waals surface area contributed by atoms with E-state index in [0.29, 0.717) is 11.4 Å². The highest BCUT2D eigenvalue weighted by atomic mass is 35.5.